The summed E-state index contributed by atoms with van der Waals surface area (Å²) < 4.78 is 2.02. The number of nitrogens with one attached hydrogen (secondary N) is 2. The van der Waals surface area contributed by atoms with Crippen LogP contribution in [0.1, 0.15) is 55.8 Å². The van der Waals surface area contributed by atoms with Gasteiger partial charge in [-0.1, -0.05) is 13.0 Å². The van der Waals surface area contributed by atoms with Crippen LogP contribution >= 0.6 is 11.3 Å². The second-order valence-corrected chi connectivity index (χ2v) is 8.57. The van der Waals surface area contributed by atoms with E-state index in [1.165, 1.54) is 56.7 Å². The molecule has 0 radical (unpaired) electrons. The Labute approximate surface area is 153 Å². The van der Waals surface area contributed by atoms with Crippen LogP contribution in [-0.4, -0.2) is 52.4 Å². The fourth-order valence-electron chi connectivity index (χ4n) is 4.76. The van der Waals surface area contributed by atoms with Crippen molar-refractivity contribution in [3.8, 4) is 0 Å². The zero-order valence-corrected chi connectivity index (χ0v) is 16.0. The third kappa shape index (κ3) is 3.78. The van der Waals surface area contributed by atoms with E-state index in [4.69, 9.17) is 0 Å². The van der Waals surface area contributed by atoms with Crippen molar-refractivity contribution in [1.82, 2.24) is 20.2 Å². The molecule has 136 valence electrons. The molecule has 0 aromatic carbocycles. The molecule has 6 nitrogen and oxygen atoms in total. The number of rotatable bonds is 6. The molecule has 1 atom stereocenters. The summed E-state index contributed by atoms with van der Waals surface area (Å²) >= 11 is 1.77. The fraction of sp³-hybridized carbons (Fsp3) is 0.722. The number of quaternary nitrogens is 2. The predicted molar refractivity (Wildman–Crippen MR) is 97.9 cm³/mol. The van der Waals surface area contributed by atoms with Crippen LogP contribution < -0.4 is 9.80 Å². The minimum absolute atomic E-state index is 0.417. The predicted octanol–water partition coefficient (Wildman–Crippen LogP) is -0.0400. The van der Waals surface area contributed by atoms with E-state index in [0.29, 0.717) is 6.04 Å². The molecule has 1 aliphatic heterocycles. The van der Waals surface area contributed by atoms with Crippen LogP contribution in [0.15, 0.2) is 17.5 Å². The van der Waals surface area contributed by atoms with Crippen molar-refractivity contribution in [2.75, 3.05) is 26.2 Å². The highest BCUT2D eigenvalue weighted by atomic mass is 32.1. The Balaban J connectivity index is 1.42. The van der Waals surface area contributed by atoms with Crippen molar-refractivity contribution in [3.05, 3.63) is 28.2 Å². The molecule has 0 unspecified atom stereocenters. The van der Waals surface area contributed by atoms with Gasteiger partial charge in [-0.25, -0.2) is 4.68 Å². The van der Waals surface area contributed by atoms with E-state index in [0.717, 1.165) is 24.8 Å². The largest absolute Gasteiger partial charge is 0.323 e. The van der Waals surface area contributed by atoms with Gasteiger partial charge in [0.1, 0.15) is 32.2 Å². The minimum atomic E-state index is 0.417. The van der Waals surface area contributed by atoms with Gasteiger partial charge in [-0.15, -0.1) is 16.4 Å². The lowest BCUT2D eigenvalue weighted by Gasteiger charge is -2.36. The minimum Gasteiger partial charge on any atom is -0.323 e. The first-order chi connectivity index (χ1) is 12.3. The normalized spacial score (nSPS) is 26.1. The Morgan fingerprint density at radius 2 is 2.04 bits per heavy atom. The van der Waals surface area contributed by atoms with E-state index in [9.17, 15) is 0 Å². The fourth-order valence-corrected chi connectivity index (χ4v) is 5.45. The van der Waals surface area contributed by atoms with Gasteiger partial charge < -0.3 is 9.80 Å². The highest BCUT2D eigenvalue weighted by molar-refractivity contribution is 7.09. The highest BCUT2D eigenvalue weighted by Crippen LogP contribution is 2.16. The third-order valence-corrected chi connectivity index (χ3v) is 6.99. The maximum atomic E-state index is 4.42. The van der Waals surface area contributed by atoms with Crippen LogP contribution in [0.3, 0.4) is 0 Å². The molecule has 2 aromatic heterocycles. The number of hydrogen-bond acceptors (Lipinski definition) is 4. The van der Waals surface area contributed by atoms with Crippen molar-refractivity contribution in [3.63, 3.8) is 0 Å². The Morgan fingerprint density at radius 3 is 2.72 bits per heavy atom. The van der Waals surface area contributed by atoms with Gasteiger partial charge in [0.25, 0.3) is 0 Å². The van der Waals surface area contributed by atoms with Gasteiger partial charge in [0.15, 0.2) is 0 Å². The van der Waals surface area contributed by atoms with Crippen molar-refractivity contribution in [2.24, 2.45) is 0 Å². The van der Waals surface area contributed by atoms with Gasteiger partial charge in [0.05, 0.1) is 12.6 Å². The third-order valence-electron chi connectivity index (χ3n) is 6.13. The maximum Gasteiger partial charge on any atom is 0.209 e. The van der Waals surface area contributed by atoms with Gasteiger partial charge in [-0.3, -0.25) is 0 Å². The molecule has 3 heterocycles. The summed E-state index contributed by atoms with van der Waals surface area (Å²) in [5, 5.41) is 14.8. The van der Waals surface area contributed by atoms with Gasteiger partial charge in [-0.05, 0) is 47.6 Å². The first-order valence-corrected chi connectivity index (χ1v) is 10.7. The molecular weight excluding hydrogens is 332 g/mol. The van der Waals surface area contributed by atoms with Gasteiger partial charge in [-0.2, -0.15) is 0 Å². The summed E-state index contributed by atoms with van der Waals surface area (Å²) in [6, 6.07) is 5.61. The zero-order chi connectivity index (χ0) is 17.1. The average molecular weight is 363 g/mol. The van der Waals surface area contributed by atoms with E-state index in [2.05, 4.69) is 40.0 Å². The summed E-state index contributed by atoms with van der Waals surface area (Å²) in [5.41, 5.74) is 0. The number of tetrazole rings is 1. The molecule has 1 saturated carbocycles. The van der Waals surface area contributed by atoms with Gasteiger partial charge in [0.2, 0.25) is 5.82 Å². The monoisotopic (exact) mass is 362 g/mol. The molecule has 4 rings (SSSR count). The second kappa shape index (κ2) is 7.93. The molecule has 2 N–H and O–H groups in total. The summed E-state index contributed by atoms with van der Waals surface area (Å²) in [6.45, 7) is 8.18. The van der Waals surface area contributed by atoms with Crippen LogP contribution in [0.25, 0.3) is 0 Å². The van der Waals surface area contributed by atoms with E-state index < -0.39 is 0 Å². The van der Waals surface area contributed by atoms with Crippen molar-refractivity contribution in [1.29, 1.82) is 0 Å². The summed E-state index contributed by atoms with van der Waals surface area (Å²) in [4.78, 5) is 4.84. The molecule has 0 amide bonds. The van der Waals surface area contributed by atoms with Gasteiger partial charge in [0, 0.05) is 11.3 Å². The number of nitrogens with zero attached hydrogens (tertiary/aromatic N) is 4. The standard InChI is InChI=1S/C18H28N6S/c1-2-17(18-19-20-21-24(18)14-16-8-5-13-25-16)23-11-9-22(10-12-23)15-6-3-4-7-15/h5,8,13,15,17H,2-4,6-7,9-12,14H2,1H3/p+2/t17-/m1/s1. The summed E-state index contributed by atoms with van der Waals surface area (Å²) in [6.07, 6.45) is 6.88. The lowest BCUT2D eigenvalue weighted by atomic mass is 10.1. The molecular formula is C18H30N6S+2. The van der Waals surface area contributed by atoms with E-state index in [1.54, 1.807) is 16.2 Å². The van der Waals surface area contributed by atoms with Crippen LogP contribution in [0.5, 0.6) is 0 Å². The van der Waals surface area contributed by atoms with E-state index in [1.807, 2.05) is 9.58 Å². The van der Waals surface area contributed by atoms with Crippen LogP contribution in [0, 0.1) is 0 Å². The summed E-state index contributed by atoms with van der Waals surface area (Å²) in [7, 11) is 0. The van der Waals surface area contributed by atoms with Crippen molar-refractivity contribution in [2.45, 2.75) is 57.7 Å². The Hall–Kier alpha value is -1.31. The molecule has 0 bridgehead atoms. The van der Waals surface area contributed by atoms with Crippen LogP contribution in [0.4, 0.5) is 0 Å². The smallest absolute Gasteiger partial charge is 0.209 e. The first-order valence-electron chi connectivity index (χ1n) is 9.82. The van der Waals surface area contributed by atoms with Gasteiger partial charge >= 0.3 is 0 Å². The topological polar surface area (TPSA) is 52.5 Å². The number of aromatic nitrogens is 4. The Kier molecular flexibility index (Phi) is 5.43. The quantitative estimate of drug-likeness (QED) is 0.758. The SMILES string of the molecule is CC[C@H](c1nnnn1Cc1cccs1)[NH+]1CC[NH+](C2CCCC2)CC1. The second-order valence-electron chi connectivity index (χ2n) is 7.53. The average Bonchev–Trinajstić information content (AvgIpc) is 3.40. The van der Waals surface area contributed by atoms with Crippen molar-refractivity contribution >= 4 is 11.3 Å². The molecule has 2 aliphatic rings. The Bertz CT molecular complexity index is 640. The van der Waals surface area contributed by atoms with Crippen molar-refractivity contribution < 1.29 is 9.80 Å². The maximum absolute atomic E-state index is 4.42. The van der Waals surface area contributed by atoms with Crippen LogP contribution in [-0.2, 0) is 6.54 Å². The van der Waals surface area contributed by atoms with Crippen LogP contribution in [0.2, 0.25) is 0 Å². The van der Waals surface area contributed by atoms with E-state index in [-0.39, 0.29) is 0 Å². The molecule has 1 saturated heterocycles. The summed E-state index contributed by atoms with van der Waals surface area (Å²) in [5.74, 6) is 1.07. The number of thiophene rings is 1. The molecule has 25 heavy (non-hydrogen) atoms. The van der Waals surface area contributed by atoms with E-state index >= 15 is 0 Å². The molecule has 1 aliphatic carbocycles. The lowest BCUT2D eigenvalue weighted by Crippen LogP contribution is -3.29. The number of hydrogen-bond donors (Lipinski definition) is 2. The zero-order valence-electron chi connectivity index (χ0n) is 15.2. The Morgan fingerprint density at radius 1 is 1.24 bits per heavy atom. The first kappa shape index (κ1) is 17.1. The molecule has 7 heteroatoms. The molecule has 0 spiro atoms. The highest BCUT2D eigenvalue weighted by Gasteiger charge is 2.36. The number of piperazine rings is 1. The lowest BCUT2D eigenvalue weighted by molar-refractivity contribution is -1.04. The molecule has 2 aromatic rings. The molecule has 2 fully saturated rings.